The Hall–Kier alpha value is -3.11. The van der Waals surface area contributed by atoms with Crippen LogP contribution >= 0.6 is 7.28 Å². The van der Waals surface area contributed by atoms with Crippen molar-refractivity contribution < 1.29 is 13.7 Å². The van der Waals surface area contributed by atoms with Crippen molar-refractivity contribution in [2.75, 3.05) is 7.11 Å². The Balaban J connectivity index is 2.14. The highest BCUT2D eigenvalue weighted by atomic mass is 31.2. The molecule has 1 atom stereocenters. The summed E-state index contributed by atoms with van der Waals surface area (Å²) < 4.78 is 33.8. The number of aryl methyl sites for hydroxylation is 1. The number of methoxy groups -OCH3 is 1. The number of benzene rings is 3. The van der Waals surface area contributed by atoms with Crippen molar-refractivity contribution in [2.24, 2.45) is 4.74 Å². The summed E-state index contributed by atoms with van der Waals surface area (Å²) in [6.07, 6.45) is 0.913. The highest BCUT2D eigenvalue weighted by Gasteiger charge is 2.43. The van der Waals surface area contributed by atoms with Gasteiger partial charge in [0.2, 0.25) is 0 Å². The fourth-order valence-electron chi connectivity index (χ4n) is 3.98. The molecule has 0 spiro atoms. The summed E-state index contributed by atoms with van der Waals surface area (Å²) in [5.41, 5.74) is 2.58. The van der Waals surface area contributed by atoms with E-state index in [1.165, 1.54) is 12.1 Å². The van der Waals surface area contributed by atoms with E-state index in [0.717, 1.165) is 29.3 Å². The molecular weight excluding hydrogens is 448 g/mol. The third-order valence-corrected chi connectivity index (χ3v) is 9.47. The number of aromatic nitrogens is 2. The predicted molar refractivity (Wildman–Crippen MR) is 138 cm³/mol. The van der Waals surface area contributed by atoms with Crippen LogP contribution in [0.2, 0.25) is 0 Å². The Morgan fingerprint density at radius 2 is 1.65 bits per heavy atom. The molecule has 0 amide bonds. The second-order valence-corrected chi connectivity index (χ2v) is 12.4. The highest BCUT2D eigenvalue weighted by molar-refractivity contribution is 7.71. The zero-order valence-corrected chi connectivity index (χ0v) is 21.2. The molecule has 178 valence electrons. The Morgan fingerprint density at radius 3 is 2.32 bits per heavy atom. The van der Waals surface area contributed by atoms with Crippen LogP contribution in [0.25, 0.3) is 10.9 Å². The molecule has 0 saturated carbocycles. The fraction of sp³-hybridized carbons (Fsp3) is 0.296. The second kappa shape index (κ2) is 9.63. The molecule has 3 aromatic carbocycles. The van der Waals surface area contributed by atoms with E-state index in [2.05, 4.69) is 33.8 Å². The van der Waals surface area contributed by atoms with Crippen LogP contribution < -0.4 is 14.7 Å². The summed E-state index contributed by atoms with van der Waals surface area (Å²) in [6, 6.07) is 22.0. The van der Waals surface area contributed by atoms with Crippen LogP contribution in [-0.2, 0) is 6.54 Å². The first kappa shape index (κ1) is 24.0. The number of para-hydroxylation sites is 1. The molecule has 1 aromatic heterocycles. The second-order valence-electron chi connectivity index (χ2n) is 9.13. The Bertz CT molecular complexity index is 1340. The predicted octanol–water partition coefficient (Wildman–Crippen LogP) is 7.54. The maximum atomic E-state index is 13.7. The van der Waals surface area contributed by atoms with Gasteiger partial charge in [0.15, 0.2) is 7.28 Å². The van der Waals surface area contributed by atoms with Gasteiger partial charge in [-0.25, -0.2) is 9.14 Å². The monoisotopic (exact) mass is 479 g/mol. The standard InChI is InChI=1S/C27H31FN3O2P/c1-6-19-31-26(22-11-7-8-12-23(22)29-31)34(27(2,3)4,33-21-17-15-20(28)16-18-21)30-24-13-9-10-14-25(24)32-5/h7-18H,6,19H2,1-5H3/t34-/m1/s1. The molecule has 0 aliphatic heterocycles. The quantitative estimate of drug-likeness (QED) is 0.257. The zero-order chi connectivity index (χ0) is 24.3. The average Bonchev–Trinajstić information content (AvgIpc) is 3.18. The lowest BCUT2D eigenvalue weighted by molar-refractivity contribution is 0.416. The van der Waals surface area contributed by atoms with Gasteiger partial charge in [0, 0.05) is 17.1 Å². The molecule has 0 aliphatic carbocycles. The summed E-state index contributed by atoms with van der Waals surface area (Å²) >= 11 is 0. The van der Waals surface area contributed by atoms with E-state index >= 15 is 0 Å². The summed E-state index contributed by atoms with van der Waals surface area (Å²) in [6.45, 7) is 9.28. The molecule has 0 unspecified atom stereocenters. The third kappa shape index (κ3) is 4.47. The van der Waals surface area contributed by atoms with Crippen molar-refractivity contribution in [1.29, 1.82) is 0 Å². The van der Waals surface area contributed by atoms with Crippen LogP contribution in [0.5, 0.6) is 11.5 Å². The van der Waals surface area contributed by atoms with Gasteiger partial charge in [-0.1, -0.05) is 58.0 Å². The van der Waals surface area contributed by atoms with Crippen LogP contribution in [-0.4, -0.2) is 22.0 Å². The normalized spacial score (nSPS) is 13.5. The molecule has 0 aliphatic rings. The minimum absolute atomic E-state index is 0.310. The highest BCUT2D eigenvalue weighted by Crippen LogP contribution is 2.63. The van der Waals surface area contributed by atoms with Crippen molar-refractivity contribution in [3.05, 3.63) is 78.6 Å². The Labute approximate surface area is 200 Å². The molecule has 0 saturated heterocycles. The van der Waals surface area contributed by atoms with Crippen LogP contribution in [0.4, 0.5) is 10.1 Å². The molecule has 0 N–H and O–H groups in total. The van der Waals surface area contributed by atoms with Gasteiger partial charge in [0.25, 0.3) is 0 Å². The molecule has 5 nitrogen and oxygen atoms in total. The van der Waals surface area contributed by atoms with Gasteiger partial charge in [-0.3, -0.25) is 4.68 Å². The first-order valence-electron chi connectivity index (χ1n) is 11.5. The maximum absolute atomic E-state index is 13.7. The van der Waals surface area contributed by atoms with Gasteiger partial charge >= 0.3 is 0 Å². The first-order chi connectivity index (χ1) is 16.3. The van der Waals surface area contributed by atoms with Crippen LogP contribution in [0, 0.1) is 5.82 Å². The lowest BCUT2D eigenvalue weighted by atomic mass is 10.2. The number of hydrogen-bond acceptors (Lipinski definition) is 4. The summed E-state index contributed by atoms with van der Waals surface area (Å²) in [7, 11) is -1.23. The van der Waals surface area contributed by atoms with E-state index in [9.17, 15) is 4.39 Å². The SMILES string of the molecule is CCCn1nc2ccccc2c1[P@@](=Nc1ccccc1OC)(Oc1ccc(F)cc1)C(C)(C)C. The lowest BCUT2D eigenvalue weighted by Crippen LogP contribution is -2.32. The maximum Gasteiger partial charge on any atom is 0.191 e. The number of halogens is 1. The van der Waals surface area contributed by atoms with Gasteiger partial charge in [-0.05, 0) is 48.9 Å². The molecule has 0 bridgehead atoms. The number of fused-ring (bicyclic) bond motifs is 1. The number of nitrogens with zero attached hydrogens (tertiary/aromatic N) is 3. The van der Waals surface area contributed by atoms with Crippen LogP contribution in [0.1, 0.15) is 34.1 Å². The van der Waals surface area contributed by atoms with E-state index in [4.69, 9.17) is 19.1 Å². The zero-order valence-electron chi connectivity index (χ0n) is 20.3. The number of hydrogen-bond donors (Lipinski definition) is 0. The van der Waals surface area contributed by atoms with Crippen LogP contribution in [0.15, 0.2) is 77.5 Å². The van der Waals surface area contributed by atoms with Crippen molar-refractivity contribution in [3.63, 3.8) is 0 Å². The van der Waals surface area contributed by atoms with Crippen molar-refractivity contribution in [3.8, 4) is 11.5 Å². The van der Waals surface area contributed by atoms with Crippen molar-refractivity contribution >= 4 is 29.3 Å². The summed E-state index contributed by atoms with van der Waals surface area (Å²) in [5.74, 6) is 0.927. The van der Waals surface area contributed by atoms with Crippen molar-refractivity contribution in [1.82, 2.24) is 9.78 Å². The summed E-state index contributed by atoms with van der Waals surface area (Å²) in [5, 5.41) is 5.53. The molecule has 34 heavy (non-hydrogen) atoms. The Kier molecular flexibility index (Phi) is 6.81. The molecule has 4 aromatic rings. The molecule has 0 fully saturated rings. The van der Waals surface area contributed by atoms with Crippen LogP contribution in [0.3, 0.4) is 0 Å². The lowest BCUT2D eigenvalue weighted by Gasteiger charge is -2.37. The van der Waals surface area contributed by atoms with Gasteiger partial charge in [0.1, 0.15) is 28.4 Å². The van der Waals surface area contributed by atoms with E-state index in [0.29, 0.717) is 17.2 Å². The summed E-state index contributed by atoms with van der Waals surface area (Å²) in [4.78, 5) is 0. The average molecular weight is 480 g/mol. The molecule has 7 heteroatoms. The van der Waals surface area contributed by atoms with E-state index in [1.54, 1.807) is 19.2 Å². The first-order valence-corrected chi connectivity index (χ1v) is 13.1. The van der Waals surface area contributed by atoms with Crippen molar-refractivity contribution in [2.45, 2.75) is 45.8 Å². The van der Waals surface area contributed by atoms with Gasteiger partial charge in [-0.15, -0.1) is 0 Å². The van der Waals surface area contributed by atoms with E-state index < -0.39 is 12.4 Å². The third-order valence-electron chi connectivity index (χ3n) is 5.63. The number of ether oxygens (including phenoxy) is 1. The minimum Gasteiger partial charge on any atom is -0.494 e. The van der Waals surface area contributed by atoms with Gasteiger partial charge in [-0.2, -0.15) is 5.10 Å². The largest absolute Gasteiger partial charge is 0.494 e. The minimum atomic E-state index is -2.87. The van der Waals surface area contributed by atoms with E-state index in [-0.39, 0.29) is 5.82 Å². The topological polar surface area (TPSA) is 48.6 Å². The number of rotatable bonds is 7. The fourth-order valence-corrected chi connectivity index (χ4v) is 7.28. The molecular formula is C27H31FN3O2P. The molecule has 4 rings (SSSR count). The molecule has 0 radical (unpaired) electrons. The van der Waals surface area contributed by atoms with Gasteiger partial charge in [0.05, 0.1) is 12.6 Å². The molecule has 1 heterocycles. The smallest absolute Gasteiger partial charge is 0.191 e. The Morgan fingerprint density at radius 1 is 0.971 bits per heavy atom. The van der Waals surface area contributed by atoms with E-state index in [1.807, 2.05) is 47.1 Å². The van der Waals surface area contributed by atoms with Gasteiger partial charge < -0.3 is 9.26 Å².